The van der Waals surface area contributed by atoms with Crippen molar-refractivity contribution >= 4 is 16.8 Å². The summed E-state index contributed by atoms with van der Waals surface area (Å²) in [6.07, 6.45) is -0.327. The monoisotopic (exact) mass is 445 g/mol. The maximum atomic E-state index is 14.8. The summed E-state index contributed by atoms with van der Waals surface area (Å²) in [5.41, 5.74) is 2.39. The maximum absolute atomic E-state index is 14.8. The fourth-order valence-corrected chi connectivity index (χ4v) is 4.02. The first-order valence-electron chi connectivity index (χ1n) is 10.7. The molecule has 1 fully saturated rings. The normalized spacial score (nSPS) is 17.6. The molecule has 166 valence electrons. The van der Waals surface area contributed by atoms with Gasteiger partial charge in [0.1, 0.15) is 0 Å². The molecule has 2 aromatic heterocycles. The molecule has 0 aliphatic carbocycles. The van der Waals surface area contributed by atoms with Crippen LogP contribution in [0.15, 0.2) is 85.1 Å². The number of para-hydroxylation sites is 1. The second kappa shape index (κ2) is 8.58. The van der Waals surface area contributed by atoms with E-state index in [9.17, 15) is 13.6 Å². The van der Waals surface area contributed by atoms with Crippen LogP contribution in [0.4, 0.5) is 8.78 Å². The maximum Gasteiger partial charge on any atom is 0.287 e. The molecule has 33 heavy (non-hydrogen) atoms. The van der Waals surface area contributed by atoms with E-state index in [2.05, 4.69) is 9.97 Å². The minimum absolute atomic E-state index is 0.0621. The van der Waals surface area contributed by atoms with Crippen molar-refractivity contribution in [2.45, 2.75) is 18.4 Å². The number of amides is 1. The largest absolute Gasteiger partial charge is 0.466 e. The Morgan fingerprint density at radius 1 is 0.970 bits per heavy atom. The highest BCUT2D eigenvalue weighted by atomic mass is 19.3. The van der Waals surface area contributed by atoms with Crippen LogP contribution in [0.1, 0.15) is 16.8 Å². The third-order valence-corrected chi connectivity index (χ3v) is 5.79. The Labute approximate surface area is 189 Å². The van der Waals surface area contributed by atoms with Crippen molar-refractivity contribution in [3.05, 3.63) is 90.6 Å². The first kappa shape index (κ1) is 21.0. The number of fused-ring (bicyclic) bond motifs is 1. The standard InChI is InChI=1S/C26H21F2N3O2/c27-26(28)14-16-31(17-23(26)33-24-13-12-18-7-1-4-10-21(18)30-24)25(32)20-9-3-2-8-19(20)22-11-5-6-15-29-22/h1-13,15,23H,14,16-17H2. The van der Waals surface area contributed by atoms with E-state index in [0.717, 1.165) is 5.39 Å². The lowest BCUT2D eigenvalue weighted by molar-refractivity contribution is -0.131. The van der Waals surface area contributed by atoms with E-state index in [1.54, 1.807) is 48.7 Å². The molecule has 0 bridgehead atoms. The van der Waals surface area contributed by atoms with Gasteiger partial charge in [-0.25, -0.2) is 13.8 Å². The molecule has 3 heterocycles. The van der Waals surface area contributed by atoms with Crippen molar-refractivity contribution in [2.75, 3.05) is 13.1 Å². The van der Waals surface area contributed by atoms with Gasteiger partial charge >= 0.3 is 0 Å². The van der Waals surface area contributed by atoms with Gasteiger partial charge in [-0.3, -0.25) is 9.78 Å². The number of piperidine rings is 1. The number of halogens is 2. The number of alkyl halides is 2. The zero-order valence-electron chi connectivity index (χ0n) is 17.7. The molecule has 4 aromatic rings. The fourth-order valence-electron chi connectivity index (χ4n) is 4.02. The lowest BCUT2D eigenvalue weighted by Gasteiger charge is -2.38. The quantitative estimate of drug-likeness (QED) is 0.432. The summed E-state index contributed by atoms with van der Waals surface area (Å²) in [7, 11) is 0. The lowest BCUT2D eigenvalue weighted by Crippen LogP contribution is -2.55. The van der Waals surface area contributed by atoms with Gasteiger partial charge in [-0.05, 0) is 30.3 Å². The molecule has 1 atom stereocenters. The molecule has 0 N–H and O–H groups in total. The number of aromatic nitrogens is 2. The van der Waals surface area contributed by atoms with Crippen LogP contribution in [0.2, 0.25) is 0 Å². The van der Waals surface area contributed by atoms with Crippen molar-refractivity contribution in [3.63, 3.8) is 0 Å². The van der Waals surface area contributed by atoms with E-state index in [4.69, 9.17) is 4.74 Å². The highest BCUT2D eigenvalue weighted by Gasteiger charge is 2.47. The number of benzene rings is 2. The van der Waals surface area contributed by atoms with Crippen LogP contribution in [0.3, 0.4) is 0 Å². The van der Waals surface area contributed by atoms with E-state index >= 15 is 0 Å². The molecule has 1 saturated heterocycles. The lowest BCUT2D eigenvalue weighted by atomic mass is 9.99. The minimum Gasteiger partial charge on any atom is -0.466 e. The van der Waals surface area contributed by atoms with Gasteiger partial charge < -0.3 is 9.64 Å². The van der Waals surface area contributed by atoms with Gasteiger partial charge in [0.15, 0.2) is 6.10 Å². The Morgan fingerprint density at radius 2 is 1.76 bits per heavy atom. The molecule has 1 aliphatic rings. The van der Waals surface area contributed by atoms with E-state index in [0.29, 0.717) is 22.3 Å². The highest BCUT2D eigenvalue weighted by Crippen LogP contribution is 2.33. The van der Waals surface area contributed by atoms with Crippen LogP contribution >= 0.6 is 0 Å². The summed E-state index contributed by atoms with van der Waals surface area (Å²) in [5.74, 6) is -3.29. The minimum atomic E-state index is -3.08. The van der Waals surface area contributed by atoms with Gasteiger partial charge in [0.25, 0.3) is 11.8 Å². The van der Waals surface area contributed by atoms with E-state index in [1.165, 1.54) is 4.90 Å². The van der Waals surface area contributed by atoms with Crippen molar-refractivity contribution < 1.29 is 18.3 Å². The number of ether oxygens (including phenoxy) is 1. The Balaban J connectivity index is 1.40. The van der Waals surface area contributed by atoms with Crippen LogP contribution < -0.4 is 4.74 Å². The highest BCUT2D eigenvalue weighted by molar-refractivity contribution is 6.00. The zero-order valence-corrected chi connectivity index (χ0v) is 17.7. The third-order valence-electron chi connectivity index (χ3n) is 5.79. The average molecular weight is 445 g/mol. The predicted octanol–water partition coefficient (Wildman–Crippen LogP) is 5.23. The third kappa shape index (κ3) is 4.26. The van der Waals surface area contributed by atoms with Crippen molar-refractivity contribution in [3.8, 4) is 17.1 Å². The molecule has 1 unspecified atom stereocenters. The Hall–Kier alpha value is -3.87. The first-order chi connectivity index (χ1) is 16.0. The van der Waals surface area contributed by atoms with Gasteiger partial charge in [-0.1, -0.05) is 42.5 Å². The van der Waals surface area contributed by atoms with Crippen molar-refractivity contribution in [1.82, 2.24) is 14.9 Å². The topological polar surface area (TPSA) is 55.3 Å². The van der Waals surface area contributed by atoms with Crippen LogP contribution in [-0.4, -0.2) is 45.9 Å². The van der Waals surface area contributed by atoms with Gasteiger partial charge in [0.2, 0.25) is 5.88 Å². The molecule has 0 spiro atoms. The molecule has 0 saturated carbocycles. The SMILES string of the molecule is O=C(c1ccccc1-c1ccccn1)N1CCC(F)(F)C(Oc2ccc3ccccc3n2)C1. The smallest absolute Gasteiger partial charge is 0.287 e. The molecule has 1 amide bonds. The van der Waals surface area contributed by atoms with Crippen LogP contribution in [-0.2, 0) is 0 Å². The number of carbonyl (C=O) groups is 1. The van der Waals surface area contributed by atoms with Gasteiger partial charge in [0, 0.05) is 41.7 Å². The van der Waals surface area contributed by atoms with Crippen LogP contribution in [0.5, 0.6) is 5.88 Å². The van der Waals surface area contributed by atoms with Gasteiger partial charge in [0.05, 0.1) is 17.8 Å². The molecular weight excluding hydrogens is 424 g/mol. The number of rotatable bonds is 4. The molecule has 5 rings (SSSR count). The van der Waals surface area contributed by atoms with Crippen molar-refractivity contribution in [2.24, 2.45) is 0 Å². The Bertz CT molecular complexity index is 1300. The predicted molar refractivity (Wildman–Crippen MR) is 121 cm³/mol. The number of pyridine rings is 2. The second-order valence-corrected chi connectivity index (χ2v) is 7.97. The van der Waals surface area contributed by atoms with E-state index < -0.39 is 18.4 Å². The number of nitrogens with zero attached hydrogens (tertiary/aromatic N) is 3. The molecule has 2 aromatic carbocycles. The summed E-state index contributed by atoms with van der Waals surface area (Å²) in [6.45, 7) is -0.301. The molecule has 5 nitrogen and oxygen atoms in total. The molecular formula is C26H21F2N3O2. The number of hydrogen-bond donors (Lipinski definition) is 0. The zero-order chi connectivity index (χ0) is 22.8. The number of likely N-dealkylation sites (tertiary alicyclic amines) is 1. The van der Waals surface area contributed by atoms with E-state index in [1.807, 2.05) is 36.4 Å². The Morgan fingerprint density at radius 3 is 2.61 bits per heavy atom. The summed E-state index contributed by atoms with van der Waals surface area (Å²) in [6, 6.07) is 23.3. The molecule has 1 aliphatic heterocycles. The van der Waals surface area contributed by atoms with Gasteiger partial charge in [-0.15, -0.1) is 0 Å². The molecule has 0 radical (unpaired) electrons. The number of carbonyl (C=O) groups excluding carboxylic acids is 1. The summed E-state index contributed by atoms with van der Waals surface area (Å²) in [4.78, 5) is 23.5. The van der Waals surface area contributed by atoms with Crippen LogP contribution in [0, 0.1) is 0 Å². The average Bonchev–Trinajstić information content (AvgIpc) is 2.85. The van der Waals surface area contributed by atoms with E-state index in [-0.39, 0.29) is 24.9 Å². The Kier molecular flexibility index (Phi) is 5.46. The number of hydrogen-bond acceptors (Lipinski definition) is 4. The fraction of sp³-hybridized carbons (Fsp3) is 0.192. The van der Waals surface area contributed by atoms with Crippen LogP contribution in [0.25, 0.3) is 22.2 Å². The first-order valence-corrected chi connectivity index (χ1v) is 10.7. The summed E-state index contributed by atoms with van der Waals surface area (Å²) >= 11 is 0. The summed E-state index contributed by atoms with van der Waals surface area (Å²) < 4.78 is 35.1. The molecule has 7 heteroatoms. The van der Waals surface area contributed by atoms with Gasteiger partial charge in [-0.2, -0.15) is 0 Å². The second-order valence-electron chi connectivity index (χ2n) is 7.97. The van der Waals surface area contributed by atoms with Crippen molar-refractivity contribution in [1.29, 1.82) is 0 Å². The summed E-state index contributed by atoms with van der Waals surface area (Å²) in [5, 5.41) is 0.892.